The molecule has 0 aliphatic carbocycles. The molecule has 0 saturated heterocycles. The van der Waals surface area contributed by atoms with Crippen LogP contribution in [0.3, 0.4) is 0 Å². The van der Waals surface area contributed by atoms with E-state index in [1.54, 1.807) is 12.1 Å². The van der Waals surface area contributed by atoms with Crippen molar-refractivity contribution < 1.29 is 9.18 Å². The van der Waals surface area contributed by atoms with Gasteiger partial charge in [-0.2, -0.15) is 0 Å². The van der Waals surface area contributed by atoms with Crippen LogP contribution in [-0.4, -0.2) is 19.0 Å². The number of rotatable bonds is 10. The van der Waals surface area contributed by atoms with Gasteiger partial charge in [0, 0.05) is 18.8 Å². The van der Waals surface area contributed by atoms with Crippen LogP contribution >= 0.6 is 0 Å². The Hall–Kier alpha value is -2.40. The van der Waals surface area contributed by atoms with Gasteiger partial charge in [-0.05, 0) is 61.1 Å². The van der Waals surface area contributed by atoms with Crippen LogP contribution in [0.1, 0.15) is 24.0 Å². The molecule has 0 aromatic heterocycles. The topological polar surface area (TPSA) is 81.1 Å². The quantitative estimate of drug-likeness (QED) is 0.580. The standard InChI is InChI=1S/C20H26FN3O/c21-18-6-3-5-15(13-18)4-1-2-11-24-19-9-7-16(8-10-19)12-17(14-22)20(23)25/h3,5-10,13,17,24H,1-2,4,11-12,14,22H2,(H2,23,25). The fourth-order valence-electron chi connectivity index (χ4n) is 2.72. The molecule has 1 amide bonds. The first-order valence-electron chi connectivity index (χ1n) is 8.65. The zero-order valence-corrected chi connectivity index (χ0v) is 14.4. The SMILES string of the molecule is NCC(Cc1ccc(NCCCCc2cccc(F)c2)cc1)C(N)=O. The summed E-state index contributed by atoms with van der Waals surface area (Å²) in [5.41, 5.74) is 14.0. The molecule has 2 rings (SSSR count). The highest BCUT2D eigenvalue weighted by Crippen LogP contribution is 2.14. The van der Waals surface area contributed by atoms with Gasteiger partial charge >= 0.3 is 0 Å². The first-order chi connectivity index (χ1) is 12.1. The summed E-state index contributed by atoms with van der Waals surface area (Å²) in [5, 5.41) is 3.37. The van der Waals surface area contributed by atoms with Crippen LogP contribution in [0, 0.1) is 11.7 Å². The minimum absolute atomic E-state index is 0.177. The highest BCUT2D eigenvalue weighted by molar-refractivity contribution is 5.77. The first-order valence-corrected chi connectivity index (χ1v) is 8.65. The molecule has 1 atom stereocenters. The van der Waals surface area contributed by atoms with Gasteiger partial charge in [-0.3, -0.25) is 4.79 Å². The predicted molar refractivity (Wildman–Crippen MR) is 99.7 cm³/mol. The minimum atomic E-state index is -0.358. The number of benzene rings is 2. The zero-order chi connectivity index (χ0) is 18.1. The molecule has 4 nitrogen and oxygen atoms in total. The second-order valence-corrected chi connectivity index (χ2v) is 6.25. The van der Waals surface area contributed by atoms with Crippen LogP contribution in [0.5, 0.6) is 0 Å². The number of carbonyl (C=O) groups is 1. The molecule has 0 bridgehead atoms. The molecule has 0 fully saturated rings. The smallest absolute Gasteiger partial charge is 0.222 e. The molecular formula is C20H26FN3O. The number of anilines is 1. The molecule has 0 aliphatic rings. The molecule has 0 heterocycles. The van der Waals surface area contributed by atoms with Crippen molar-refractivity contribution in [3.8, 4) is 0 Å². The molecule has 2 aromatic carbocycles. The summed E-state index contributed by atoms with van der Waals surface area (Å²) in [7, 11) is 0. The Kier molecular flexibility index (Phi) is 7.41. The molecule has 134 valence electrons. The lowest BCUT2D eigenvalue weighted by Crippen LogP contribution is -2.31. The van der Waals surface area contributed by atoms with Crippen LogP contribution in [0.4, 0.5) is 10.1 Å². The van der Waals surface area contributed by atoms with Gasteiger partial charge in [0.2, 0.25) is 5.91 Å². The molecule has 5 heteroatoms. The number of hydrogen-bond acceptors (Lipinski definition) is 3. The second kappa shape index (κ2) is 9.79. The molecule has 25 heavy (non-hydrogen) atoms. The average Bonchev–Trinajstić information content (AvgIpc) is 2.60. The van der Waals surface area contributed by atoms with Crippen molar-refractivity contribution in [1.82, 2.24) is 0 Å². The lowest BCUT2D eigenvalue weighted by molar-refractivity contribution is -0.121. The van der Waals surface area contributed by atoms with Crippen LogP contribution in [0.25, 0.3) is 0 Å². The van der Waals surface area contributed by atoms with E-state index in [1.165, 1.54) is 6.07 Å². The van der Waals surface area contributed by atoms with E-state index >= 15 is 0 Å². The monoisotopic (exact) mass is 343 g/mol. The summed E-state index contributed by atoms with van der Waals surface area (Å²) < 4.78 is 13.1. The van der Waals surface area contributed by atoms with Crippen molar-refractivity contribution in [3.63, 3.8) is 0 Å². The number of nitrogens with one attached hydrogen (secondary N) is 1. The maximum absolute atomic E-state index is 13.1. The van der Waals surface area contributed by atoms with E-state index in [1.807, 2.05) is 30.3 Å². The summed E-state index contributed by atoms with van der Waals surface area (Å²) in [5.74, 6) is -0.853. The average molecular weight is 343 g/mol. The maximum atomic E-state index is 13.1. The third-order valence-corrected chi connectivity index (χ3v) is 4.23. The number of unbranched alkanes of at least 4 members (excludes halogenated alkanes) is 1. The number of nitrogens with two attached hydrogens (primary N) is 2. The predicted octanol–water partition coefficient (Wildman–Crippen LogP) is 2.86. The van der Waals surface area contributed by atoms with E-state index in [0.717, 1.165) is 42.6 Å². The fraction of sp³-hybridized carbons (Fsp3) is 0.350. The van der Waals surface area contributed by atoms with Crippen molar-refractivity contribution in [2.24, 2.45) is 17.4 Å². The van der Waals surface area contributed by atoms with Gasteiger partial charge in [0.15, 0.2) is 0 Å². The van der Waals surface area contributed by atoms with Gasteiger partial charge in [0.1, 0.15) is 5.82 Å². The summed E-state index contributed by atoms with van der Waals surface area (Å²) in [6.07, 6.45) is 3.46. The number of primary amides is 1. The molecule has 1 unspecified atom stereocenters. The van der Waals surface area contributed by atoms with E-state index in [9.17, 15) is 9.18 Å². The minimum Gasteiger partial charge on any atom is -0.385 e. The molecule has 0 aliphatic heterocycles. The van der Waals surface area contributed by atoms with Gasteiger partial charge in [-0.25, -0.2) is 4.39 Å². The molecule has 2 aromatic rings. The summed E-state index contributed by atoms with van der Waals surface area (Å²) in [6.45, 7) is 1.13. The molecule has 0 spiro atoms. The van der Waals surface area contributed by atoms with Crippen molar-refractivity contribution in [2.45, 2.75) is 25.7 Å². The van der Waals surface area contributed by atoms with Gasteiger partial charge in [-0.1, -0.05) is 24.3 Å². The van der Waals surface area contributed by atoms with Gasteiger partial charge in [-0.15, -0.1) is 0 Å². The highest BCUT2D eigenvalue weighted by atomic mass is 19.1. The third-order valence-electron chi connectivity index (χ3n) is 4.23. The number of hydrogen-bond donors (Lipinski definition) is 3. The Morgan fingerprint density at radius 2 is 1.84 bits per heavy atom. The Morgan fingerprint density at radius 3 is 2.48 bits per heavy atom. The maximum Gasteiger partial charge on any atom is 0.222 e. The van der Waals surface area contributed by atoms with Crippen LogP contribution in [0.2, 0.25) is 0 Å². The number of aryl methyl sites for hydroxylation is 1. The van der Waals surface area contributed by atoms with Crippen molar-refractivity contribution >= 4 is 11.6 Å². The number of carbonyl (C=O) groups excluding carboxylic acids is 1. The lowest BCUT2D eigenvalue weighted by atomic mass is 9.99. The van der Waals surface area contributed by atoms with Gasteiger partial charge in [0.25, 0.3) is 0 Å². The Balaban J connectivity index is 1.70. The third kappa shape index (κ3) is 6.55. The normalized spacial score (nSPS) is 11.9. The fourth-order valence-corrected chi connectivity index (χ4v) is 2.72. The van der Waals surface area contributed by atoms with E-state index in [2.05, 4.69) is 5.32 Å². The van der Waals surface area contributed by atoms with Crippen LogP contribution < -0.4 is 16.8 Å². The van der Waals surface area contributed by atoms with E-state index in [0.29, 0.717) is 6.42 Å². The number of amides is 1. The van der Waals surface area contributed by atoms with E-state index in [-0.39, 0.29) is 24.2 Å². The number of halogens is 1. The molecular weight excluding hydrogens is 317 g/mol. The molecule has 0 saturated carbocycles. The van der Waals surface area contributed by atoms with Crippen LogP contribution in [0.15, 0.2) is 48.5 Å². The second-order valence-electron chi connectivity index (χ2n) is 6.25. The Labute approximate surface area is 148 Å². The van der Waals surface area contributed by atoms with E-state index < -0.39 is 0 Å². The summed E-state index contributed by atoms with van der Waals surface area (Å²) in [4.78, 5) is 11.2. The van der Waals surface area contributed by atoms with Crippen molar-refractivity contribution in [3.05, 3.63) is 65.5 Å². The van der Waals surface area contributed by atoms with Crippen molar-refractivity contribution in [2.75, 3.05) is 18.4 Å². The molecule has 5 N–H and O–H groups in total. The highest BCUT2D eigenvalue weighted by Gasteiger charge is 2.13. The largest absolute Gasteiger partial charge is 0.385 e. The van der Waals surface area contributed by atoms with Gasteiger partial charge in [0.05, 0.1) is 5.92 Å². The van der Waals surface area contributed by atoms with Gasteiger partial charge < -0.3 is 16.8 Å². The Bertz CT molecular complexity index is 673. The van der Waals surface area contributed by atoms with E-state index in [4.69, 9.17) is 11.5 Å². The lowest BCUT2D eigenvalue weighted by Gasteiger charge is -2.11. The zero-order valence-electron chi connectivity index (χ0n) is 14.4. The summed E-state index contributed by atoms with van der Waals surface area (Å²) >= 11 is 0. The Morgan fingerprint density at radius 1 is 1.08 bits per heavy atom. The summed E-state index contributed by atoms with van der Waals surface area (Å²) in [6, 6.07) is 14.7. The first kappa shape index (κ1) is 18.9. The molecule has 0 radical (unpaired) electrons. The van der Waals surface area contributed by atoms with Crippen molar-refractivity contribution in [1.29, 1.82) is 0 Å². The van der Waals surface area contributed by atoms with Crippen LogP contribution in [-0.2, 0) is 17.6 Å².